The minimum Gasteiger partial charge on any atom is -0.380 e. The van der Waals surface area contributed by atoms with E-state index in [-0.39, 0.29) is 33.7 Å². The Hall–Kier alpha value is -3.08. The Labute approximate surface area is 186 Å². The lowest BCUT2D eigenvalue weighted by Gasteiger charge is -2.14. The fourth-order valence-corrected chi connectivity index (χ4v) is 3.02. The van der Waals surface area contributed by atoms with E-state index in [2.05, 4.69) is 25.3 Å². The second-order valence-corrected chi connectivity index (χ2v) is 7.35. The topological polar surface area (TPSA) is 109 Å². The first-order valence-electron chi connectivity index (χ1n) is 9.76. The summed E-state index contributed by atoms with van der Waals surface area (Å²) in [6.07, 6.45) is 0. The van der Waals surface area contributed by atoms with Crippen LogP contribution in [0.2, 0.25) is 5.02 Å². The van der Waals surface area contributed by atoms with Gasteiger partial charge in [-0.25, -0.2) is 13.6 Å². The van der Waals surface area contributed by atoms with Gasteiger partial charge in [-0.2, -0.15) is 0 Å². The predicted octanol–water partition coefficient (Wildman–Crippen LogP) is 2.61. The van der Waals surface area contributed by atoms with Crippen LogP contribution >= 0.6 is 11.6 Å². The number of ether oxygens (including phenoxy) is 1. The van der Waals surface area contributed by atoms with Crippen LogP contribution in [0.15, 0.2) is 51.8 Å². The molecule has 1 aromatic heterocycles. The number of rotatable bonds is 4. The van der Waals surface area contributed by atoms with Crippen molar-refractivity contribution in [2.75, 3.05) is 32.8 Å². The van der Waals surface area contributed by atoms with Gasteiger partial charge in [0.15, 0.2) is 5.82 Å². The molecule has 1 unspecified atom stereocenters. The zero-order valence-corrected chi connectivity index (χ0v) is 17.6. The van der Waals surface area contributed by atoms with E-state index in [0.717, 1.165) is 25.2 Å². The predicted molar refractivity (Wildman–Crippen MR) is 113 cm³/mol. The van der Waals surface area contributed by atoms with Crippen LogP contribution in [0.25, 0.3) is 11.4 Å². The molecule has 32 heavy (non-hydrogen) atoms. The van der Waals surface area contributed by atoms with Crippen LogP contribution in [0.3, 0.4) is 0 Å². The fraction of sp³-hybridized carbons (Fsp3) is 0.286. The van der Waals surface area contributed by atoms with Gasteiger partial charge in [-0.3, -0.25) is 14.3 Å². The Morgan fingerprint density at radius 1 is 1.25 bits per heavy atom. The zero-order chi connectivity index (χ0) is 22.9. The summed E-state index contributed by atoms with van der Waals surface area (Å²) >= 11 is 5.33. The molecule has 1 atom stereocenters. The molecule has 3 N–H and O–H groups in total. The molecule has 3 aromatic rings. The number of aromatic nitrogens is 2. The standard InChI is InChI=1S/C15H17FN4O4.C6H4ClF/c16-12-4-10(13-19-15(22)24-20-13)3-11(5-12)14(21)18-7-9-6-17-1-2-23-8-9;7-5-3-1-2-4-6(5)8/h3-5,9,17H,1-2,6-8H2,(H,18,21)(H,19,20,22);1-4H. The Balaban J connectivity index is 0.000000305. The van der Waals surface area contributed by atoms with Crippen molar-refractivity contribution in [2.24, 2.45) is 5.92 Å². The Morgan fingerprint density at radius 2 is 2.06 bits per heavy atom. The number of benzene rings is 2. The van der Waals surface area contributed by atoms with Crippen molar-refractivity contribution < 1.29 is 22.8 Å². The maximum absolute atomic E-state index is 13.8. The number of H-pyrrole nitrogens is 1. The fourth-order valence-electron chi connectivity index (χ4n) is 2.88. The van der Waals surface area contributed by atoms with E-state index in [1.165, 1.54) is 18.2 Å². The number of nitrogens with zero attached hydrogens (tertiary/aromatic N) is 1. The van der Waals surface area contributed by atoms with Gasteiger partial charge < -0.3 is 15.4 Å². The molecule has 1 saturated heterocycles. The SMILES string of the molecule is Fc1ccccc1Cl.O=C(NCC1CNCCOC1)c1cc(F)cc(-c2noc(=O)[nH]2)c1. The van der Waals surface area contributed by atoms with Crippen molar-refractivity contribution in [1.82, 2.24) is 20.8 Å². The maximum atomic E-state index is 13.8. The van der Waals surface area contributed by atoms with E-state index >= 15 is 0 Å². The highest BCUT2D eigenvalue weighted by molar-refractivity contribution is 6.30. The monoisotopic (exact) mass is 466 g/mol. The molecule has 1 amide bonds. The molecule has 11 heteroatoms. The molecule has 170 valence electrons. The highest BCUT2D eigenvalue weighted by Gasteiger charge is 2.16. The van der Waals surface area contributed by atoms with Crippen molar-refractivity contribution >= 4 is 17.5 Å². The van der Waals surface area contributed by atoms with Crippen molar-refractivity contribution in [1.29, 1.82) is 0 Å². The van der Waals surface area contributed by atoms with Crippen LogP contribution in [-0.2, 0) is 4.74 Å². The molecule has 4 rings (SSSR count). The minimum absolute atomic E-state index is 0.0647. The second kappa shape index (κ2) is 11.5. The summed E-state index contributed by atoms with van der Waals surface area (Å²) in [5.74, 6) is -1.92. The molecular weight excluding hydrogens is 446 g/mol. The van der Waals surface area contributed by atoms with Gasteiger partial charge in [0.1, 0.15) is 11.6 Å². The van der Waals surface area contributed by atoms with Crippen LogP contribution in [0.1, 0.15) is 10.4 Å². The third-order valence-corrected chi connectivity index (χ3v) is 4.77. The number of amides is 1. The minimum atomic E-state index is -0.749. The first-order valence-corrected chi connectivity index (χ1v) is 10.1. The van der Waals surface area contributed by atoms with Crippen molar-refractivity contribution in [2.45, 2.75) is 0 Å². The Kier molecular flexibility index (Phi) is 8.48. The van der Waals surface area contributed by atoms with Crippen LogP contribution in [0.4, 0.5) is 8.78 Å². The summed E-state index contributed by atoms with van der Waals surface area (Å²) in [5, 5.41) is 9.65. The van der Waals surface area contributed by atoms with Crippen LogP contribution < -0.4 is 16.4 Å². The van der Waals surface area contributed by atoms with Gasteiger partial charge >= 0.3 is 5.76 Å². The van der Waals surface area contributed by atoms with Gasteiger partial charge in [0, 0.05) is 36.7 Å². The number of halogens is 3. The summed E-state index contributed by atoms with van der Waals surface area (Å²) in [6, 6.07) is 9.84. The molecule has 1 fully saturated rings. The maximum Gasteiger partial charge on any atom is 0.439 e. The Bertz CT molecular complexity index is 1080. The van der Waals surface area contributed by atoms with Crippen LogP contribution in [-0.4, -0.2) is 48.9 Å². The number of hydrogen-bond acceptors (Lipinski definition) is 6. The largest absolute Gasteiger partial charge is 0.439 e. The zero-order valence-electron chi connectivity index (χ0n) is 16.9. The number of aromatic amines is 1. The van der Waals surface area contributed by atoms with Crippen molar-refractivity contribution in [3.63, 3.8) is 0 Å². The quantitative estimate of drug-likeness (QED) is 0.545. The molecule has 2 aromatic carbocycles. The first kappa shape index (κ1) is 23.6. The molecule has 8 nitrogen and oxygen atoms in total. The number of nitrogens with one attached hydrogen (secondary N) is 3. The second-order valence-electron chi connectivity index (χ2n) is 6.94. The molecule has 2 heterocycles. The smallest absolute Gasteiger partial charge is 0.380 e. The Morgan fingerprint density at radius 3 is 2.75 bits per heavy atom. The van der Waals surface area contributed by atoms with Gasteiger partial charge in [0.25, 0.3) is 5.91 Å². The average molecular weight is 467 g/mol. The molecule has 0 bridgehead atoms. The van der Waals surface area contributed by atoms with Gasteiger partial charge in [-0.05, 0) is 30.3 Å². The van der Waals surface area contributed by atoms with E-state index < -0.39 is 17.5 Å². The molecule has 1 aliphatic rings. The van der Waals surface area contributed by atoms with E-state index in [0.29, 0.717) is 19.8 Å². The van der Waals surface area contributed by atoms with Gasteiger partial charge in [0.05, 0.1) is 18.2 Å². The van der Waals surface area contributed by atoms with Gasteiger partial charge in [-0.15, -0.1) is 0 Å². The lowest BCUT2D eigenvalue weighted by Crippen LogP contribution is -2.35. The third kappa shape index (κ3) is 6.98. The highest BCUT2D eigenvalue weighted by Crippen LogP contribution is 2.18. The molecule has 0 aliphatic carbocycles. The molecule has 0 spiro atoms. The lowest BCUT2D eigenvalue weighted by molar-refractivity contribution is 0.0921. The van der Waals surface area contributed by atoms with Crippen molar-refractivity contribution in [3.05, 3.63) is 75.2 Å². The average Bonchev–Trinajstić information content (AvgIpc) is 3.05. The van der Waals surface area contributed by atoms with Gasteiger partial charge in [-0.1, -0.05) is 28.9 Å². The van der Waals surface area contributed by atoms with Crippen molar-refractivity contribution in [3.8, 4) is 11.4 Å². The number of carbonyl (C=O) groups is 1. The normalized spacial score (nSPS) is 15.9. The molecule has 1 aliphatic heterocycles. The third-order valence-electron chi connectivity index (χ3n) is 4.46. The molecular formula is C21H21ClF2N4O4. The lowest BCUT2D eigenvalue weighted by atomic mass is 10.1. The highest BCUT2D eigenvalue weighted by atomic mass is 35.5. The number of carbonyl (C=O) groups excluding carboxylic acids is 1. The van der Waals surface area contributed by atoms with Crippen LogP contribution in [0.5, 0.6) is 0 Å². The number of hydrogen-bond donors (Lipinski definition) is 3. The summed E-state index contributed by atoms with van der Waals surface area (Å²) in [4.78, 5) is 25.6. The van der Waals surface area contributed by atoms with Crippen LogP contribution in [0, 0.1) is 17.6 Å². The van der Waals surface area contributed by atoms with E-state index in [1.807, 2.05) is 0 Å². The van der Waals surface area contributed by atoms with Gasteiger partial charge in [0.2, 0.25) is 0 Å². The van der Waals surface area contributed by atoms with E-state index in [4.69, 9.17) is 16.3 Å². The summed E-state index contributed by atoms with van der Waals surface area (Å²) in [7, 11) is 0. The first-order chi connectivity index (χ1) is 15.4. The summed E-state index contributed by atoms with van der Waals surface area (Å²) < 4.78 is 35.8. The summed E-state index contributed by atoms with van der Waals surface area (Å²) in [5.41, 5.74) is 0.391. The molecule has 0 saturated carbocycles. The molecule has 0 radical (unpaired) electrons. The van der Waals surface area contributed by atoms with E-state index in [9.17, 15) is 18.4 Å². The summed E-state index contributed by atoms with van der Waals surface area (Å²) in [6.45, 7) is 3.15. The van der Waals surface area contributed by atoms with E-state index in [1.54, 1.807) is 12.1 Å².